The molecule has 5 nitrogen and oxygen atoms in total. The number of rotatable bonds is 5. The van der Waals surface area contributed by atoms with E-state index in [4.69, 9.17) is 5.11 Å². The number of hydrogen-bond acceptors (Lipinski definition) is 3. The first-order valence-corrected chi connectivity index (χ1v) is 6.30. The van der Waals surface area contributed by atoms with Crippen molar-refractivity contribution >= 4 is 18.0 Å². The van der Waals surface area contributed by atoms with Crippen molar-refractivity contribution in [2.24, 2.45) is 0 Å². The summed E-state index contributed by atoms with van der Waals surface area (Å²) < 4.78 is 0. The maximum absolute atomic E-state index is 12.2. The maximum atomic E-state index is 12.2. The second-order valence-electron chi connectivity index (χ2n) is 4.47. The van der Waals surface area contributed by atoms with Gasteiger partial charge in [0.2, 0.25) is 0 Å². The molecule has 0 aliphatic heterocycles. The van der Waals surface area contributed by atoms with E-state index in [1.165, 1.54) is 12.3 Å². The van der Waals surface area contributed by atoms with Crippen LogP contribution in [-0.4, -0.2) is 39.5 Å². The zero-order chi connectivity index (χ0) is 13.8. The van der Waals surface area contributed by atoms with Crippen molar-refractivity contribution in [3.8, 4) is 0 Å². The molecule has 1 aliphatic carbocycles. The Hall–Kier alpha value is -2.17. The third-order valence-corrected chi connectivity index (χ3v) is 3.01. The minimum absolute atomic E-state index is 0.0567. The van der Waals surface area contributed by atoms with Crippen molar-refractivity contribution in [2.75, 3.05) is 6.54 Å². The highest BCUT2D eigenvalue weighted by atomic mass is 16.4. The van der Waals surface area contributed by atoms with E-state index in [0.717, 1.165) is 18.9 Å². The predicted molar refractivity (Wildman–Crippen MR) is 70.6 cm³/mol. The van der Waals surface area contributed by atoms with Gasteiger partial charge in [-0.1, -0.05) is 6.07 Å². The third kappa shape index (κ3) is 3.40. The molecule has 1 aliphatic rings. The molecular formula is C14H16N2O3. The summed E-state index contributed by atoms with van der Waals surface area (Å²) in [4.78, 5) is 28.5. The Morgan fingerprint density at radius 3 is 2.68 bits per heavy atom. The van der Waals surface area contributed by atoms with E-state index in [0.29, 0.717) is 23.8 Å². The maximum Gasteiger partial charge on any atom is 0.328 e. The SMILES string of the molecule is CCN(C(=O)c1ccc(C=CC(=O)O)cn1)C1CC1. The first-order valence-electron chi connectivity index (χ1n) is 6.30. The highest BCUT2D eigenvalue weighted by Gasteiger charge is 2.32. The molecule has 19 heavy (non-hydrogen) atoms. The molecule has 0 saturated heterocycles. The molecule has 1 amide bonds. The van der Waals surface area contributed by atoms with E-state index in [9.17, 15) is 9.59 Å². The van der Waals surface area contributed by atoms with Crippen LogP contribution in [0.1, 0.15) is 35.8 Å². The summed E-state index contributed by atoms with van der Waals surface area (Å²) in [6.45, 7) is 2.64. The van der Waals surface area contributed by atoms with Gasteiger partial charge in [0.25, 0.3) is 5.91 Å². The predicted octanol–water partition coefficient (Wildman–Crippen LogP) is 1.80. The van der Waals surface area contributed by atoms with Gasteiger partial charge in [0.15, 0.2) is 0 Å². The molecule has 0 aromatic carbocycles. The van der Waals surface area contributed by atoms with Gasteiger partial charge in [0.1, 0.15) is 5.69 Å². The van der Waals surface area contributed by atoms with Crippen molar-refractivity contribution in [2.45, 2.75) is 25.8 Å². The van der Waals surface area contributed by atoms with Crippen molar-refractivity contribution in [1.82, 2.24) is 9.88 Å². The monoisotopic (exact) mass is 260 g/mol. The quantitative estimate of drug-likeness (QED) is 0.819. The van der Waals surface area contributed by atoms with Crippen LogP contribution in [0.25, 0.3) is 6.08 Å². The molecule has 5 heteroatoms. The number of aromatic nitrogens is 1. The molecule has 1 fully saturated rings. The average molecular weight is 260 g/mol. The van der Waals surface area contributed by atoms with Crippen molar-refractivity contribution < 1.29 is 14.7 Å². The van der Waals surface area contributed by atoms with Gasteiger partial charge in [-0.2, -0.15) is 0 Å². The van der Waals surface area contributed by atoms with Crippen LogP contribution in [0.3, 0.4) is 0 Å². The first kappa shape index (κ1) is 13.3. The van der Waals surface area contributed by atoms with Crippen LogP contribution in [0.5, 0.6) is 0 Å². The van der Waals surface area contributed by atoms with Crippen LogP contribution in [0.15, 0.2) is 24.4 Å². The lowest BCUT2D eigenvalue weighted by atomic mass is 10.2. The topological polar surface area (TPSA) is 70.5 Å². The molecule has 0 unspecified atom stereocenters. The minimum atomic E-state index is -1.01. The van der Waals surface area contributed by atoms with Crippen LogP contribution >= 0.6 is 0 Å². The van der Waals surface area contributed by atoms with Crippen molar-refractivity contribution in [1.29, 1.82) is 0 Å². The number of nitrogens with zero attached hydrogens (tertiary/aromatic N) is 2. The molecular weight excluding hydrogens is 244 g/mol. The third-order valence-electron chi connectivity index (χ3n) is 3.01. The largest absolute Gasteiger partial charge is 0.478 e. The van der Waals surface area contributed by atoms with Crippen LogP contribution in [-0.2, 0) is 4.79 Å². The number of pyridine rings is 1. The molecule has 0 spiro atoms. The summed E-state index contributed by atoms with van der Waals surface area (Å²) >= 11 is 0. The summed E-state index contributed by atoms with van der Waals surface area (Å²) in [6.07, 6.45) is 6.13. The number of amides is 1. The second kappa shape index (κ2) is 5.65. The number of aliphatic carboxylic acids is 1. The van der Waals surface area contributed by atoms with Gasteiger partial charge in [0, 0.05) is 24.9 Å². The standard InChI is InChI=1S/C14H16N2O3/c1-2-16(11-5-6-11)14(19)12-7-3-10(9-15-12)4-8-13(17)18/h3-4,7-9,11H,2,5-6H2,1H3,(H,17,18). The van der Waals surface area contributed by atoms with Crippen molar-refractivity contribution in [3.63, 3.8) is 0 Å². The fraction of sp³-hybridized carbons (Fsp3) is 0.357. The summed E-state index contributed by atoms with van der Waals surface area (Å²) in [5.74, 6) is -1.06. The molecule has 0 bridgehead atoms. The zero-order valence-electron chi connectivity index (χ0n) is 10.7. The Morgan fingerprint density at radius 1 is 1.47 bits per heavy atom. The highest BCUT2D eigenvalue weighted by molar-refractivity contribution is 5.93. The van der Waals surface area contributed by atoms with Gasteiger partial charge in [-0.05, 0) is 37.5 Å². The smallest absolute Gasteiger partial charge is 0.328 e. The minimum Gasteiger partial charge on any atom is -0.478 e. The van der Waals surface area contributed by atoms with E-state index in [2.05, 4.69) is 4.98 Å². The summed E-state index contributed by atoms with van der Waals surface area (Å²) in [6, 6.07) is 3.70. The Morgan fingerprint density at radius 2 is 2.21 bits per heavy atom. The lowest BCUT2D eigenvalue weighted by Gasteiger charge is -2.19. The summed E-state index contributed by atoms with van der Waals surface area (Å²) in [5.41, 5.74) is 1.06. The molecule has 0 radical (unpaired) electrons. The Labute approximate surface area is 111 Å². The Balaban J connectivity index is 2.09. The average Bonchev–Trinajstić information content (AvgIpc) is 3.22. The van der Waals surface area contributed by atoms with Crippen LogP contribution < -0.4 is 0 Å². The van der Waals surface area contributed by atoms with Crippen molar-refractivity contribution in [3.05, 3.63) is 35.7 Å². The van der Waals surface area contributed by atoms with E-state index in [-0.39, 0.29) is 5.91 Å². The molecule has 1 heterocycles. The van der Waals surface area contributed by atoms with Crippen LogP contribution in [0, 0.1) is 0 Å². The molecule has 1 aromatic heterocycles. The number of carbonyl (C=O) groups excluding carboxylic acids is 1. The van der Waals surface area contributed by atoms with Gasteiger partial charge in [-0.15, -0.1) is 0 Å². The van der Waals surface area contributed by atoms with E-state index >= 15 is 0 Å². The van der Waals surface area contributed by atoms with Gasteiger partial charge < -0.3 is 10.0 Å². The first-order chi connectivity index (χ1) is 9.11. The van der Waals surface area contributed by atoms with Gasteiger partial charge in [-0.25, -0.2) is 4.79 Å². The van der Waals surface area contributed by atoms with Crippen LogP contribution in [0.4, 0.5) is 0 Å². The summed E-state index contributed by atoms with van der Waals surface area (Å²) in [5, 5.41) is 8.52. The fourth-order valence-corrected chi connectivity index (χ4v) is 1.90. The highest BCUT2D eigenvalue weighted by Crippen LogP contribution is 2.27. The van der Waals surface area contributed by atoms with Gasteiger partial charge in [-0.3, -0.25) is 9.78 Å². The lowest BCUT2D eigenvalue weighted by molar-refractivity contribution is -0.131. The number of hydrogen-bond donors (Lipinski definition) is 1. The molecule has 1 aromatic rings. The Kier molecular flexibility index (Phi) is 3.94. The molecule has 1 saturated carbocycles. The Bertz CT molecular complexity index is 504. The van der Waals surface area contributed by atoms with E-state index < -0.39 is 5.97 Å². The lowest BCUT2D eigenvalue weighted by Crippen LogP contribution is -2.33. The fourth-order valence-electron chi connectivity index (χ4n) is 1.90. The number of carboxylic acids is 1. The molecule has 2 rings (SSSR count). The molecule has 100 valence electrons. The number of carboxylic acid groups (broad SMARTS) is 1. The number of carbonyl (C=O) groups is 2. The summed E-state index contributed by atoms with van der Waals surface area (Å²) in [7, 11) is 0. The van der Waals surface area contributed by atoms with Gasteiger partial charge >= 0.3 is 5.97 Å². The molecule has 1 N–H and O–H groups in total. The van der Waals surface area contributed by atoms with Gasteiger partial charge in [0.05, 0.1) is 0 Å². The van der Waals surface area contributed by atoms with E-state index in [1.54, 1.807) is 12.1 Å². The zero-order valence-corrected chi connectivity index (χ0v) is 10.7. The molecule has 0 atom stereocenters. The second-order valence-corrected chi connectivity index (χ2v) is 4.47. The van der Waals surface area contributed by atoms with Crippen LogP contribution in [0.2, 0.25) is 0 Å². The van der Waals surface area contributed by atoms with E-state index in [1.807, 2.05) is 11.8 Å². The normalized spacial score (nSPS) is 14.6.